The topological polar surface area (TPSA) is 61.9 Å². The molecule has 3 amide bonds. The number of urea groups is 1. The molecule has 1 aliphatic rings. The van der Waals surface area contributed by atoms with Gasteiger partial charge in [-0.1, -0.05) is 0 Å². The average Bonchev–Trinajstić information content (AvgIpc) is 2.67. The minimum Gasteiger partial charge on any atom is -0.489 e. The van der Waals surface area contributed by atoms with Gasteiger partial charge < -0.3 is 15.0 Å². The number of likely N-dealkylation sites (N-methyl/N-ethyl adjacent to an activating group) is 1. The highest BCUT2D eigenvalue weighted by Gasteiger charge is 2.37. The van der Waals surface area contributed by atoms with Crippen LogP contribution in [0.5, 0.6) is 5.75 Å². The molecule has 1 N–H and O–H groups in total. The van der Waals surface area contributed by atoms with Gasteiger partial charge in [-0.2, -0.15) is 26.3 Å². The lowest BCUT2D eigenvalue weighted by Crippen LogP contribution is -2.34. The summed E-state index contributed by atoms with van der Waals surface area (Å²) in [7, 11) is 1.80. The number of halogens is 6. The van der Waals surface area contributed by atoms with Crippen molar-refractivity contribution in [1.29, 1.82) is 0 Å². The van der Waals surface area contributed by atoms with Crippen molar-refractivity contribution in [3.63, 3.8) is 0 Å². The van der Waals surface area contributed by atoms with Crippen LogP contribution in [0.25, 0.3) is 0 Å². The van der Waals surface area contributed by atoms with E-state index in [4.69, 9.17) is 4.74 Å². The van der Waals surface area contributed by atoms with E-state index in [0.717, 1.165) is 0 Å². The number of rotatable bonds is 3. The number of benzene rings is 2. The Labute approximate surface area is 172 Å². The largest absolute Gasteiger partial charge is 0.489 e. The monoisotopic (exact) mass is 447 g/mol. The summed E-state index contributed by atoms with van der Waals surface area (Å²) in [4.78, 5) is 26.3. The van der Waals surface area contributed by atoms with Crippen molar-refractivity contribution in [2.24, 2.45) is 0 Å². The summed E-state index contributed by atoms with van der Waals surface area (Å²) in [6.07, 6.45) is -10.1. The third-order valence-electron chi connectivity index (χ3n) is 4.48. The van der Waals surface area contributed by atoms with Crippen LogP contribution < -0.4 is 19.9 Å². The van der Waals surface area contributed by atoms with E-state index in [1.54, 1.807) is 13.1 Å². The fourth-order valence-corrected chi connectivity index (χ4v) is 2.93. The van der Waals surface area contributed by atoms with Gasteiger partial charge in [0.2, 0.25) is 6.41 Å². The van der Waals surface area contributed by atoms with Crippen molar-refractivity contribution >= 4 is 29.5 Å². The third-order valence-corrected chi connectivity index (χ3v) is 4.48. The average molecular weight is 447 g/mol. The molecule has 0 saturated carbocycles. The van der Waals surface area contributed by atoms with Gasteiger partial charge in [0.1, 0.15) is 12.4 Å². The Bertz CT molecular complexity index is 974. The number of carbonyl (C=O) groups excluding carboxylic acids is 2. The van der Waals surface area contributed by atoms with E-state index in [9.17, 15) is 35.9 Å². The fourth-order valence-electron chi connectivity index (χ4n) is 2.93. The van der Waals surface area contributed by atoms with Gasteiger partial charge in [0.25, 0.3) is 0 Å². The van der Waals surface area contributed by atoms with E-state index in [1.165, 1.54) is 12.1 Å². The van der Waals surface area contributed by atoms with Crippen LogP contribution in [0.4, 0.5) is 48.2 Å². The molecule has 0 spiro atoms. The molecule has 31 heavy (non-hydrogen) atoms. The maximum Gasteiger partial charge on any atom is 0.416 e. The molecular formula is C19H15F6N3O3. The first-order valence-corrected chi connectivity index (χ1v) is 8.73. The smallest absolute Gasteiger partial charge is 0.416 e. The van der Waals surface area contributed by atoms with Crippen molar-refractivity contribution in [2.45, 2.75) is 12.4 Å². The van der Waals surface area contributed by atoms with Crippen molar-refractivity contribution in [3.05, 3.63) is 47.5 Å². The number of amides is 3. The second-order valence-electron chi connectivity index (χ2n) is 6.62. The predicted molar refractivity (Wildman–Crippen MR) is 99.2 cm³/mol. The molecule has 0 bridgehead atoms. The number of hydrogen-bond acceptors (Lipinski definition) is 4. The zero-order valence-electron chi connectivity index (χ0n) is 15.8. The third kappa shape index (κ3) is 4.84. The normalized spacial score (nSPS) is 13.8. The minimum atomic E-state index is -5.08. The Hall–Kier alpha value is -3.44. The lowest BCUT2D eigenvalue weighted by molar-refractivity contribution is -0.143. The lowest BCUT2D eigenvalue weighted by atomic mass is 10.1. The van der Waals surface area contributed by atoms with Gasteiger partial charge in [0, 0.05) is 18.8 Å². The molecule has 166 valence electrons. The first kappa shape index (κ1) is 22.2. The molecule has 0 atom stereocenters. The van der Waals surface area contributed by atoms with Crippen LogP contribution in [-0.4, -0.2) is 32.6 Å². The van der Waals surface area contributed by atoms with Crippen LogP contribution in [0, 0.1) is 0 Å². The van der Waals surface area contributed by atoms with Crippen LogP contribution in [0.2, 0.25) is 0 Å². The molecule has 0 aliphatic carbocycles. The highest BCUT2D eigenvalue weighted by Crippen LogP contribution is 2.38. The summed E-state index contributed by atoms with van der Waals surface area (Å²) in [5.74, 6) is 0.365. The number of nitrogens with zero attached hydrogens (tertiary/aromatic N) is 2. The highest BCUT2D eigenvalue weighted by atomic mass is 19.4. The van der Waals surface area contributed by atoms with Gasteiger partial charge in [-0.3, -0.25) is 4.79 Å². The van der Waals surface area contributed by atoms with Crippen LogP contribution in [0.1, 0.15) is 11.1 Å². The Kier molecular flexibility index (Phi) is 5.74. The summed E-state index contributed by atoms with van der Waals surface area (Å²) in [6.45, 7) is 0.964. The maximum absolute atomic E-state index is 13.0. The maximum atomic E-state index is 13.0. The molecular weight excluding hydrogens is 432 g/mol. The van der Waals surface area contributed by atoms with Gasteiger partial charge in [-0.05, 0) is 30.3 Å². The van der Waals surface area contributed by atoms with Crippen molar-refractivity contribution in [2.75, 3.05) is 35.3 Å². The second kappa shape index (κ2) is 8.00. The molecule has 1 aliphatic heterocycles. The highest BCUT2D eigenvalue weighted by molar-refractivity contribution is 6.12. The molecule has 0 unspecified atom stereocenters. The zero-order chi connectivity index (χ0) is 23.0. The van der Waals surface area contributed by atoms with Gasteiger partial charge in [-0.15, -0.1) is 0 Å². The molecule has 3 rings (SSSR count). The fraction of sp³-hybridized carbons (Fsp3) is 0.263. The Morgan fingerprint density at radius 1 is 1.06 bits per heavy atom. The predicted octanol–water partition coefficient (Wildman–Crippen LogP) is 4.75. The first-order valence-electron chi connectivity index (χ1n) is 8.73. The Morgan fingerprint density at radius 3 is 2.23 bits per heavy atom. The van der Waals surface area contributed by atoms with E-state index >= 15 is 0 Å². The van der Waals surface area contributed by atoms with E-state index in [-0.39, 0.29) is 18.2 Å². The molecule has 6 nitrogen and oxygen atoms in total. The molecule has 2 aromatic rings. The van der Waals surface area contributed by atoms with Crippen molar-refractivity contribution in [1.82, 2.24) is 0 Å². The molecule has 0 fully saturated rings. The number of fused-ring (bicyclic) bond motifs is 1. The zero-order valence-corrected chi connectivity index (χ0v) is 15.8. The van der Waals surface area contributed by atoms with Gasteiger partial charge in [0.15, 0.2) is 0 Å². The number of ether oxygens (including phenoxy) is 1. The van der Waals surface area contributed by atoms with Crippen LogP contribution in [-0.2, 0) is 17.1 Å². The molecule has 1 heterocycles. The number of anilines is 3. The molecule has 12 heteroatoms. The van der Waals surface area contributed by atoms with Gasteiger partial charge in [0.05, 0.1) is 29.0 Å². The summed E-state index contributed by atoms with van der Waals surface area (Å²) in [6, 6.07) is 3.72. The SMILES string of the molecule is CN1CCOc2cc(N(C=O)C(=O)Nc3cc(C(F)(F)F)cc(C(F)(F)F)c3)ccc21. The standard InChI is InChI=1S/C19H15F6N3O3/c1-27-4-5-31-16-9-14(2-3-15(16)27)28(10-29)17(30)26-13-7-11(18(20,21)22)6-12(8-13)19(23,24)25/h2-3,6-10H,4-5H2,1H3,(H,26,30). The summed E-state index contributed by atoms with van der Waals surface area (Å²) < 4.78 is 83.4. The molecule has 2 aromatic carbocycles. The Morgan fingerprint density at radius 2 is 1.68 bits per heavy atom. The van der Waals surface area contributed by atoms with E-state index in [1.807, 2.05) is 10.2 Å². The van der Waals surface area contributed by atoms with Gasteiger partial charge in [-0.25, -0.2) is 9.69 Å². The molecule has 0 saturated heterocycles. The number of alkyl halides is 6. The van der Waals surface area contributed by atoms with E-state index in [2.05, 4.69) is 0 Å². The first-order chi connectivity index (χ1) is 14.4. The number of imide groups is 1. The number of hydrogen-bond donors (Lipinski definition) is 1. The minimum absolute atomic E-state index is 0.0181. The summed E-state index contributed by atoms with van der Waals surface area (Å²) in [5, 5.41) is 1.91. The summed E-state index contributed by atoms with van der Waals surface area (Å²) >= 11 is 0. The number of carbonyl (C=O) groups is 2. The lowest BCUT2D eigenvalue weighted by Gasteiger charge is -2.28. The summed E-state index contributed by atoms with van der Waals surface area (Å²) in [5.41, 5.74) is -3.26. The van der Waals surface area contributed by atoms with Crippen LogP contribution in [0.15, 0.2) is 36.4 Å². The number of nitrogens with one attached hydrogen (secondary N) is 1. The van der Waals surface area contributed by atoms with E-state index in [0.29, 0.717) is 41.6 Å². The molecule has 0 aromatic heterocycles. The van der Waals surface area contributed by atoms with Crippen LogP contribution in [0.3, 0.4) is 0 Å². The molecule has 0 radical (unpaired) electrons. The van der Waals surface area contributed by atoms with E-state index < -0.39 is 35.2 Å². The van der Waals surface area contributed by atoms with Crippen LogP contribution >= 0.6 is 0 Å². The quantitative estimate of drug-likeness (QED) is 0.545. The second-order valence-corrected chi connectivity index (χ2v) is 6.62. The van der Waals surface area contributed by atoms with Gasteiger partial charge >= 0.3 is 18.4 Å². The Balaban J connectivity index is 1.91. The van der Waals surface area contributed by atoms with Crippen molar-refractivity contribution in [3.8, 4) is 5.75 Å². The van der Waals surface area contributed by atoms with Crippen molar-refractivity contribution < 1.29 is 40.7 Å².